The molecule has 0 fully saturated rings. The van der Waals surface area contributed by atoms with Gasteiger partial charge in [-0.2, -0.15) is 0 Å². The van der Waals surface area contributed by atoms with Gasteiger partial charge in [-0.1, -0.05) is 41.5 Å². The summed E-state index contributed by atoms with van der Waals surface area (Å²) in [5.41, 5.74) is 1.43. The third-order valence-electron chi connectivity index (χ3n) is 3.43. The van der Waals surface area contributed by atoms with Gasteiger partial charge in [0.25, 0.3) is 11.8 Å². The number of oxime groups is 3. The lowest BCUT2D eigenvalue weighted by Crippen LogP contribution is -2.29. The zero-order chi connectivity index (χ0) is 20.1. The predicted octanol–water partition coefficient (Wildman–Crippen LogP) is 2.06. The van der Waals surface area contributed by atoms with E-state index in [1.54, 1.807) is 18.2 Å². The van der Waals surface area contributed by atoms with Gasteiger partial charge in [-0.15, -0.1) is 0 Å². The Labute approximate surface area is 159 Å². The molecule has 1 aromatic carbocycles. The van der Waals surface area contributed by atoms with E-state index < -0.39 is 0 Å². The van der Waals surface area contributed by atoms with Crippen LogP contribution in [0.4, 0.5) is 0 Å². The molecule has 1 N–H and O–H groups in total. The van der Waals surface area contributed by atoms with E-state index in [1.165, 1.54) is 27.5 Å². The number of carbonyl (C=O) groups is 1. The zero-order valence-corrected chi connectivity index (χ0v) is 16.3. The summed E-state index contributed by atoms with van der Waals surface area (Å²) in [5.74, 6) is -0.170. The monoisotopic (exact) mass is 378 g/mol. The van der Waals surface area contributed by atoms with Crippen molar-refractivity contribution in [1.29, 1.82) is 0 Å². The van der Waals surface area contributed by atoms with Gasteiger partial charge in [-0.3, -0.25) is 4.79 Å². The van der Waals surface area contributed by atoms with Crippen LogP contribution in [0.5, 0.6) is 0 Å². The van der Waals surface area contributed by atoms with Gasteiger partial charge in [0, 0.05) is 18.2 Å². The molecule has 0 bridgehead atoms. The number of carbonyl (C=O) groups excluding carboxylic acids is 1. The van der Waals surface area contributed by atoms with Crippen LogP contribution in [0.1, 0.15) is 31.4 Å². The molecule has 1 atom stereocenters. The van der Waals surface area contributed by atoms with Crippen molar-refractivity contribution in [3.63, 3.8) is 0 Å². The Kier molecular flexibility index (Phi) is 9.98. The highest BCUT2D eigenvalue weighted by molar-refractivity contribution is 6.45. The second-order valence-electron chi connectivity index (χ2n) is 5.32. The fourth-order valence-electron chi connectivity index (χ4n) is 1.94. The summed E-state index contributed by atoms with van der Waals surface area (Å²) >= 11 is 0. The fraction of sp³-hybridized carbons (Fsp3) is 0.444. The summed E-state index contributed by atoms with van der Waals surface area (Å²) in [6.07, 6.45) is 2.10. The second-order valence-corrected chi connectivity index (χ2v) is 5.32. The lowest BCUT2D eigenvalue weighted by molar-refractivity contribution is -0.114. The number of nitrogens with zero attached hydrogens (tertiary/aromatic N) is 3. The summed E-state index contributed by atoms with van der Waals surface area (Å²) in [6, 6.07) is 7.17. The van der Waals surface area contributed by atoms with E-state index in [4.69, 9.17) is 19.2 Å². The first-order valence-corrected chi connectivity index (χ1v) is 8.41. The van der Waals surface area contributed by atoms with Gasteiger partial charge in [0.15, 0.2) is 5.71 Å². The summed E-state index contributed by atoms with van der Waals surface area (Å²) in [7, 11) is 4.31. The molecule has 9 nitrogen and oxygen atoms in total. The average molecular weight is 378 g/mol. The highest BCUT2D eigenvalue weighted by Gasteiger charge is 2.17. The maximum atomic E-state index is 12.0. The Hall–Kier alpha value is -3.10. The number of hydrogen-bond donors (Lipinski definition) is 1. The first-order chi connectivity index (χ1) is 13.1. The van der Waals surface area contributed by atoms with Gasteiger partial charge >= 0.3 is 0 Å². The van der Waals surface area contributed by atoms with Crippen LogP contribution in [-0.2, 0) is 30.7 Å². The molecule has 1 amide bonds. The lowest BCUT2D eigenvalue weighted by atomic mass is 10.0. The van der Waals surface area contributed by atoms with Gasteiger partial charge in [-0.05, 0) is 18.5 Å². The van der Waals surface area contributed by atoms with Gasteiger partial charge in [0.1, 0.15) is 27.0 Å². The van der Waals surface area contributed by atoms with E-state index in [0.29, 0.717) is 11.1 Å². The minimum absolute atomic E-state index is 0.0357. The molecule has 9 heteroatoms. The number of rotatable bonds is 10. The topological polar surface area (TPSA) is 103 Å². The third-order valence-corrected chi connectivity index (χ3v) is 3.43. The Balaban J connectivity index is 2.87. The highest BCUT2D eigenvalue weighted by Crippen LogP contribution is 2.12. The standard InChI is InChI=1S/C18H26N4O5/c1-6-13(2)27-16(21-24-4)11-20-26-12-14-9-7-8-10-15(14)17(22-25-5)18(23)19-3/h7-11,13H,6,12H2,1-5H3,(H,19,23). The zero-order valence-electron chi connectivity index (χ0n) is 16.3. The Morgan fingerprint density at radius 3 is 2.56 bits per heavy atom. The molecule has 0 radical (unpaired) electrons. The van der Waals surface area contributed by atoms with Crippen LogP contribution in [0.25, 0.3) is 0 Å². The summed E-state index contributed by atoms with van der Waals surface area (Å²) in [5, 5.41) is 13.9. The molecular formula is C18H26N4O5. The van der Waals surface area contributed by atoms with Crippen LogP contribution in [-0.4, -0.2) is 51.1 Å². The van der Waals surface area contributed by atoms with Crippen LogP contribution < -0.4 is 5.32 Å². The highest BCUT2D eigenvalue weighted by atomic mass is 16.6. The summed E-state index contributed by atoms with van der Waals surface area (Å²) < 4.78 is 5.54. The summed E-state index contributed by atoms with van der Waals surface area (Å²) in [6.45, 7) is 4.01. The average Bonchev–Trinajstić information content (AvgIpc) is 2.69. The third kappa shape index (κ3) is 7.35. The van der Waals surface area contributed by atoms with Gasteiger partial charge in [-0.25, -0.2) is 0 Å². The molecule has 0 spiro atoms. The van der Waals surface area contributed by atoms with Crippen LogP contribution in [0.15, 0.2) is 39.7 Å². The number of nitrogens with one attached hydrogen (secondary N) is 1. The molecular weight excluding hydrogens is 352 g/mol. The van der Waals surface area contributed by atoms with Crippen molar-refractivity contribution < 1.29 is 24.0 Å². The Bertz CT molecular complexity index is 688. The number of amides is 1. The molecule has 1 rings (SSSR count). The fourth-order valence-corrected chi connectivity index (χ4v) is 1.94. The number of likely N-dealkylation sites (N-methyl/N-ethyl adjacent to an activating group) is 1. The van der Waals surface area contributed by atoms with Gasteiger partial charge < -0.3 is 24.6 Å². The first kappa shape index (κ1) is 21.9. The lowest BCUT2D eigenvalue weighted by Gasteiger charge is -2.11. The van der Waals surface area contributed by atoms with Crippen molar-refractivity contribution in [2.24, 2.45) is 15.5 Å². The van der Waals surface area contributed by atoms with E-state index in [-0.39, 0.29) is 30.2 Å². The molecule has 1 unspecified atom stereocenters. The maximum absolute atomic E-state index is 12.0. The molecule has 0 saturated carbocycles. The van der Waals surface area contributed by atoms with Crippen LogP contribution in [0, 0.1) is 0 Å². The van der Waals surface area contributed by atoms with E-state index in [0.717, 1.165) is 6.42 Å². The van der Waals surface area contributed by atoms with Crippen LogP contribution in [0.2, 0.25) is 0 Å². The molecule has 0 aromatic heterocycles. The van der Waals surface area contributed by atoms with Crippen molar-refractivity contribution in [3.8, 4) is 0 Å². The van der Waals surface area contributed by atoms with Crippen molar-refractivity contribution in [2.75, 3.05) is 21.3 Å². The minimum atomic E-state index is -0.371. The van der Waals surface area contributed by atoms with Gasteiger partial charge in [0.2, 0.25) is 0 Å². The number of hydrogen-bond acceptors (Lipinski definition) is 8. The molecule has 0 aliphatic carbocycles. The second kappa shape index (κ2) is 12.3. The molecule has 27 heavy (non-hydrogen) atoms. The van der Waals surface area contributed by atoms with Crippen molar-refractivity contribution >= 4 is 23.7 Å². The smallest absolute Gasteiger partial charge is 0.273 e. The summed E-state index contributed by atoms with van der Waals surface area (Å²) in [4.78, 5) is 26.9. The Morgan fingerprint density at radius 1 is 1.22 bits per heavy atom. The predicted molar refractivity (Wildman–Crippen MR) is 103 cm³/mol. The maximum Gasteiger partial charge on any atom is 0.273 e. The van der Waals surface area contributed by atoms with E-state index in [1.807, 2.05) is 19.9 Å². The van der Waals surface area contributed by atoms with E-state index in [2.05, 4.69) is 20.8 Å². The molecule has 0 saturated heterocycles. The molecule has 0 aliphatic heterocycles. The van der Waals surface area contributed by atoms with E-state index >= 15 is 0 Å². The molecule has 148 valence electrons. The van der Waals surface area contributed by atoms with E-state index in [9.17, 15) is 4.79 Å². The van der Waals surface area contributed by atoms with Crippen molar-refractivity contribution in [1.82, 2.24) is 5.32 Å². The Morgan fingerprint density at radius 2 is 1.93 bits per heavy atom. The molecule has 0 aliphatic rings. The van der Waals surface area contributed by atoms with Crippen LogP contribution >= 0.6 is 0 Å². The first-order valence-electron chi connectivity index (χ1n) is 8.41. The normalized spacial score (nSPS) is 13.2. The van der Waals surface area contributed by atoms with Crippen molar-refractivity contribution in [2.45, 2.75) is 33.0 Å². The van der Waals surface area contributed by atoms with Crippen LogP contribution in [0.3, 0.4) is 0 Å². The SMILES string of the molecule is CCC(C)OC(C=NOCc1ccccc1C(=NOC)C(=O)NC)=NOC. The van der Waals surface area contributed by atoms with Gasteiger partial charge in [0.05, 0.1) is 6.10 Å². The molecule has 0 heterocycles. The quantitative estimate of drug-likeness (QED) is 0.381. The number of benzene rings is 1. The largest absolute Gasteiger partial charge is 0.471 e. The number of ether oxygens (including phenoxy) is 1. The van der Waals surface area contributed by atoms with Crippen molar-refractivity contribution in [3.05, 3.63) is 35.4 Å². The minimum Gasteiger partial charge on any atom is -0.471 e. The molecule has 1 aromatic rings.